The minimum absolute atomic E-state index is 0.0232. The maximum absolute atomic E-state index is 12.5. The average Bonchev–Trinajstić information content (AvgIpc) is 3.17. The zero-order valence-corrected chi connectivity index (χ0v) is 17.6. The van der Waals surface area contributed by atoms with E-state index in [-0.39, 0.29) is 5.57 Å². The van der Waals surface area contributed by atoms with Crippen molar-refractivity contribution in [2.75, 3.05) is 5.32 Å². The number of benzene rings is 1. The van der Waals surface area contributed by atoms with Gasteiger partial charge in [0.15, 0.2) is 5.13 Å². The molecule has 1 N–H and O–H groups in total. The van der Waals surface area contributed by atoms with Crippen molar-refractivity contribution in [3.8, 4) is 11.8 Å². The second kappa shape index (κ2) is 8.01. The lowest BCUT2D eigenvalue weighted by atomic mass is 10.1. The summed E-state index contributed by atoms with van der Waals surface area (Å²) in [6.45, 7) is 7.78. The standard InChI is InChI=1S/C21H19ClN4OS/c1-12-5-6-18(9-19(12)22)26-13(2)7-16(15(26)4)8-17(10-23)20(27)25-21-24-11-14(3)28-21/h5-9,11H,1-4H3,(H,24,25,27). The van der Waals surface area contributed by atoms with Crippen molar-refractivity contribution < 1.29 is 4.79 Å². The van der Waals surface area contributed by atoms with Gasteiger partial charge in [-0.05, 0) is 63.1 Å². The number of aryl methyl sites for hydroxylation is 3. The minimum Gasteiger partial charge on any atom is -0.318 e. The number of hydrogen-bond acceptors (Lipinski definition) is 4. The van der Waals surface area contributed by atoms with Gasteiger partial charge < -0.3 is 4.57 Å². The monoisotopic (exact) mass is 410 g/mol. The SMILES string of the molecule is Cc1cnc(NC(=O)C(C#N)=Cc2cc(C)n(-c3ccc(C)c(Cl)c3)c2C)s1. The van der Waals surface area contributed by atoms with Gasteiger partial charge in [0.1, 0.15) is 11.6 Å². The molecule has 0 saturated carbocycles. The largest absolute Gasteiger partial charge is 0.318 e. The molecule has 1 amide bonds. The number of carbonyl (C=O) groups excluding carboxylic acids is 1. The first-order valence-corrected chi connectivity index (χ1v) is 9.80. The Labute approximate surface area is 172 Å². The van der Waals surface area contributed by atoms with Crippen LogP contribution < -0.4 is 5.32 Å². The summed E-state index contributed by atoms with van der Waals surface area (Å²) in [5.41, 5.74) is 4.67. The highest BCUT2D eigenvalue weighted by atomic mass is 35.5. The summed E-state index contributed by atoms with van der Waals surface area (Å²) < 4.78 is 2.05. The predicted molar refractivity (Wildman–Crippen MR) is 114 cm³/mol. The molecular formula is C21H19ClN4OS. The van der Waals surface area contributed by atoms with E-state index in [1.165, 1.54) is 11.3 Å². The summed E-state index contributed by atoms with van der Waals surface area (Å²) in [6.07, 6.45) is 3.28. The van der Waals surface area contributed by atoms with Gasteiger partial charge in [0.2, 0.25) is 0 Å². The summed E-state index contributed by atoms with van der Waals surface area (Å²) >= 11 is 7.64. The lowest BCUT2D eigenvalue weighted by Crippen LogP contribution is -2.13. The zero-order valence-electron chi connectivity index (χ0n) is 16.0. The molecule has 0 atom stereocenters. The molecule has 0 fully saturated rings. The van der Waals surface area contributed by atoms with Crippen LogP contribution >= 0.6 is 22.9 Å². The molecular weight excluding hydrogens is 392 g/mol. The van der Waals surface area contributed by atoms with Crippen LogP contribution in [0.4, 0.5) is 5.13 Å². The first-order valence-electron chi connectivity index (χ1n) is 8.61. The van der Waals surface area contributed by atoms with Crippen molar-refractivity contribution in [2.45, 2.75) is 27.7 Å². The van der Waals surface area contributed by atoms with Gasteiger partial charge in [-0.3, -0.25) is 10.1 Å². The lowest BCUT2D eigenvalue weighted by Gasteiger charge is -2.11. The van der Waals surface area contributed by atoms with Crippen LogP contribution in [0.2, 0.25) is 5.02 Å². The van der Waals surface area contributed by atoms with Gasteiger partial charge in [-0.2, -0.15) is 5.26 Å². The number of nitrogens with zero attached hydrogens (tertiary/aromatic N) is 3. The Bertz CT molecular complexity index is 1130. The van der Waals surface area contributed by atoms with E-state index in [9.17, 15) is 10.1 Å². The van der Waals surface area contributed by atoms with Crippen molar-refractivity contribution in [2.24, 2.45) is 0 Å². The Morgan fingerprint density at radius 2 is 2.04 bits per heavy atom. The number of halogens is 1. The normalized spacial score (nSPS) is 11.4. The molecule has 1 aromatic carbocycles. The second-order valence-corrected chi connectivity index (χ2v) is 8.14. The fourth-order valence-corrected chi connectivity index (χ4v) is 3.77. The molecule has 0 spiro atoms. The third-order valence-corrected chi connectivity index (χ3v) is 5.63. The van der Waals surface area contributed by atoms with E-state index >= 15 is 0 Å². The Morgan fingerprint density at radius 1 is 1.29 bits per heavy atom. The van der Waals surface area contributed by atoms with Crippen LogP contribution in [-0.2, 0) is 4.79 Å². The van der Waals surface area contributed by atoms with Crippen LogP contribution in [0, 0.1) is 39.0 Å². The Hall–Kier alpha value is -2.88. The summed E-state index contributed by atoms with van der Waals surface area (Å²) in [4.78, 5) is 17.5. The highest BCUT2D eigenvalue weighted by Gasteiger charge is 2.15. The average molecular weight is 411 g/mol. The van der Waals surface area contributed by atoms with E-state index in [4.69, 9.17) is 11.6 Å². The molecule has 3 aromatic rings. The molecule has 3 rings (SSSR count). The molecule has 2 aromatic heterocycles. The number of hydrogen-bond donors (Lipinski definition) is 1. The van der Waals surface area contributed by atoms with Gasteiger partial charge in [0.25, 0.3) is 5.91 Å². The number of anilines is 1. The Morgan fingerprint density at radius 3 is 2.64 bits per heavy atom. The molecule has 142 valence electrons. The third-order valence-electron chi connectivity index (χ3n) is 4.39. The van der Waals surface area contributed by atoms with Crippen LogP contribution in [0.1, 0.15) is 27.4 Å². The third kappa shape index (κ3) is 4.01. The molecule has 7 heteroatoms. The molecule has 0 unspecified atom stereocenters. The minimum atomic E-state index is -0.472. The molecule has 0 aliphatic rings. The van der Waals surface area contributed by atoms with Crippen molar-refractivity contribution >= 4 is 40.1 Å². The molecule has 0 saturated heterocycles. The highest BCUT2D eigenvalue weighted by Crippen LogP contribution is 2.26. The van der Waals surface area contributed by atoms with E-state index < -0.39 is 5.91 Å². The number of rotatable bonds is 4. The molecule has 2 heterocycles. The topological polar surface area (TPSA) is 70.7 Å². The predicted octanol–water partition coefficient (Wildman–Crippen LogP) is 5.37. The van der Waals surface area contributed by atoms with Crippen LogP contribution in [0.25, 0.3) is 11.8 Å². The van der Waals surface area contributed by atoms with Crippen LogP contribution in [0.5, 0.6) is 0 Å². The quantitative estimate of drug-likeness (QED) is 0.464. The molecule has 0 aliphatic heterocycles. The highest BCUT2D eigenvalue weighted by molar-refractivity contribution is 7.15. The van der Waals surface area contributed by atoms with Gasteiger partial charge in [-0.15, -0.1) is 11.3 Å². The molecule has 0 radical (unpaired) electrons. The molecule has 0 aliphatic carbocycles. The molecule has 28 heavy (non-hydrogen) atoms. The number of carbonyl (C=O) groups is 1. The van der Waals surface area contributed by atoms with Crippen molar-refractivity contribution in [1.29, 1.82) is 5.26 Å². The van der Waals surface area contributed by atoms with Crippen LogP contribution in [0.3, 0.4) is 0 Å². The zero-order chi connectivity index (χ0) is 20.4. The summed E-state index contributed by atoms with van der Waals surface area (Å²) in [7, 11) is 0. The summed E-state index contributed by atoms with van der Waals surface area (Å²) in [5, 5.41) is 13.3. The van der Waals surface area contributed by atoms with Crippen molar-refractivity contribution in [3.63, 3.8) is 0 Å². The van der Waals surface area contributed by atoms with E-state index in [1.807, 2.05) is 62.6 Å². The first kappa shape index (κ1) is 19.9. The van der Waals surface area contributed by atoms with Crippen molar-refractivity contribution in [1.82, 2.24) is 9.55 Å². The van der Waals surface area contributed by atoms with E-state index in [1.54, 1.807) is 12.3 Å². The number of thiazole rings is 1. The second-order valence-electron chi connectivity index (χ2n) is 6.50. The molecule has 5 nitrogen and oxygen atoms in total. The van der Waals surface area contributed by atoms with Gasteiger partial charge in [0, 0.05) is 33.2 Å². The Balaban J connectivity index is 1.95. The molecule has 0 bridgehead atoms. The summed E-state index contributed by atoms with van der Waals surface area (Å²) in [5.74, 6) is -0.472. The van der Waals surface area contributed by atoms with Crippen molar-refractivity contribution in [3.05, 3.63) is 68.4 Å². The fraction of sp³-hybridized carbons (Fsp3) is 0.190. The van der Waals surface area contributed by atoms with Gasteiger partial charge in [-0.1, -0.05) is 17.7 Å². The van der Waals surface area contributed by atoms with Crippen LogP contribution in [0.15, 0.2) is 36.0 Å². The number of nitriles is 1. The first-order chi connectivity index (χ1) is 13.3. The summed E-state index contributed by atoms with van der Waals surface area (Å²) in [6, 6.07) is 9.81. The van der Waals surface area contributed by atoms with E-state index in [0.717, 1.165) is 33.1 Å². The maximum Gasteiger partial charge on any atom is 0.268 e. The van der Waals surface area contributed by atoms with Gasteiger partial charge >= 0.3 is 0 Å². The number of nitrogens with one attached hydrogen (secondary N) is 1. The fourth-order valence-electron chi connectivity index (χ4n) is 2.93. The van der Waals surface area contributed by atoms with E-state index in [2.05, 4.69) is 10.3 Å². The van der Waals surface area contributed by atoms with Gasteiger partial charge in [-0.25, -0.2) is 4.98 Å². The number of amides is 1. The Kier molecular flexibility index (Phi) is 5.68. The van der Waals surface area contributed by atoms with Crippen LogP contribution in [-0.4, -0.2) is 15.5 Å². The lowest BCUT2D eigenvalue weighted by molar-refractivity contribution is -0.112. The number of aromatic nitrogens is 2. The van der Waals surface area contributed by atoms with Gasteiger partial charge in [0.05, 0.1) is 0 Å². The van der Waals surface area contributed by atoms with E-state index in [0.29, 0.717) is 10.2 Å². The maximum atomic E-state index is 12.5. The smallest absolute Gasteiger partial charge is 0.268 e.